The highest BCUT2D eigenvalue weighted by Crippen LogP contribution is 2.17. The molecule has 6 heteroatoms. The van der Waals surface area contributed by atoms with Crippen LogP contribution in [-0.4, -0.2) is 39.5 Å². The summed E-state index contributed by atoms with van der Waals surface area (Å²) < 4.78 is 1.95. The highest BCUT2D eigenvalue weighted by molar-refractivity contribution is 8.13. The van der Waals surface area contributed by atoms with Crippen LogP contribution < -0.4 is 5.49 Å². The topological polar surface area (TPSA) is 54.7 Å². The number of rotatable bonds is 5. The number of nitrogens with zero attached hydrogens (tertiary/aromatic N) is 3. The van der Waals surface area contributed by atoms with Gasteiger partial charge in [-0.2, -0.15) is 4.99 Å². The number of pyridine rings is 1. The summed E-state index contributed by atoms with van der Waals surface area (Å²) in [4.78, 5) is 29.6. The van der Waals surface area contributed by atoms with Gasteiger partial charge in [-0.1, -0.05) is 48.2 Å². The van der Waals surface area contributed by atoms with E-state index in [0.717, 1.165) is 17.9 Å². The first-order chi connectivity index (χ1) is 11.7. The number of carbonyl (C=O) groups is 2. The Morgan fingerprint density at radius 1 is 1.12 bits per heavy atom. The smallest absolute Gasteiger partial charge is 0.281 e. The van der Waals surface area contributed by atoms with Gasteiger partial charge in [0.2, 0.25) is 5.91 Å². The molecule has 1 aromatic carbocycles. The minimum Gasteiger partial charge on any atom is -0.332 e. The third-order valence-electron chi connectivity index (χ3n) is 3.79. The van der Waals surface area contributed by atoms with Gasteiger partial charge in [-0.05, 0) is 17.7 Å². The first kappa shape index (κ1) is 16.5. The Bertz CT molecular complexity index is 786. The fourth-order valence-electron chi connectivity index (χ4n) is 2.53. The van der Waals surface area contributed by atoms with Gasteiger partial charge in [0.15, 0.2) is 0 Å². The third kappa shape index (κ3) is 4.35. The predicted molar refractivity (Wildman–Crippen MR) is 94.6 cm³/mol. The largest absolute Gasteiger partial charge is 0.332 e. The van der Waals surface area contributed by atoms with Gasteiger partial charge in [-0.3, -0.25) is 9.59 Å². The van der Waals surface area contributed by atoms with Crippen molar-refractivity contribution in [3.05, 3.63) is 65.8 Å². The monoisotopic (exact) mass is 341 g/mol. The summed E-state index contributed by atoms with van der Waals surface area (Å²) in [5.74, 6) is 0.604. The number of hydrogen-bond acceptors (Lipinski definition) is 3. The molecule has 2 aromatic rings. The molecule has 1 aliphatic heterocycles. The average Bonchev–Trinajstić information content (AvgIpc) is 3.01. The van der Waals surface area contributed by atoms with Gasteiger partial charge in [-0.15, -0.1) is 0 Å². The van der Waals surface area contributed by atoms with Crippen molar-refractivity contribution in [2.75, 3.05) is 18.8 Å². The van der Waals surface area contributed by atoms with Crippen molar-refractivity contribution >= 4 is 22.9 Å². The molecule has 5 nitrogen and oxygen atoms in total. The molecule has 0 unspecified atom stereocenters. The molecular formula is C18H19N3O2S. The van der Waals surface area contributed by atoms with Gasteiger partial charge in [0.05, 0.1) is 0 Å². The van der Waals surface area contributed by atoms with Crippen LogP contribution in [0.1, 0.15) is 12.0 Å². The van der Waals surface area contributed by atoms with Crippen molar-refractivity contribution in [2.24, 2.45) is 4.99 Å². The van der Waals surface area contributed by atoms with E-state index in [1.54, 1.807) is 4.90 Å². The van der Waals surface area contributed by atoms with Crippen molar-refractivity contribution in [1.29, 1.82) is 0 Å². The van der Waals surface area contributed by atoms with Crippen LogP contribution in [-0.2, 0) is 11.3 Å². The highest BCUT2D eigenvalue weighted by atomic mass is 32.2. The molecule has 24 heavy (non-hydrogen) atoms. The van der Waals surface area contributed by atoms with E-state index >= 15 is 0 Å². The molecule has 0 bridgehead atoms. The SMILES string of the molecule is O=C(CCN1CCSC1=O)N=c1ccccn1Cc1ccccc1. The van der Waals surface area contributed by atoms with E-state index in [1.807, 2.05) is 59.3 Å². The fraction of sp³-hybridized carbons (Fsp3) is 0.278. The molecular weight excluding hydrogens is 322 g/mol. The van der Waals surface area contributed by atoms with E-state index in [4.69, 9.17) is 0 Å². The van der Waals surface area contributed by atoms with Gasteiger partial charge < -0.3 is 9.47 Å². The molecule has 3 rings (SSSR count). The Kier molecular flexibility index (Phi) is 5.48. The molecule has 0 aliphatic carbocycles. The zero-order valence-corrected chi connectivity index (χ0v) is 14.1. The highest BCUT2D eigenvalue weighted by Gasteiger charge is 2.21. The Morgan fingerprint density at radius 2 is 1.92 bits per heavy atom. The van der Waals surface area contributed by atoms with Gasteiger partial charge in [0.1, 0.15) is 5.49 Å². The molecule has 1 aromatic heterocycles. The summed E-state index contributed by atoms with van der Waals surface area (Å²) >= 11 is 1.31. The lowest BCUT2D eigenvalue weighted by atomic mass is 10.2. The van der Waals surface area contributed by atoms with E-state index in [2.05, 4.69) is 4.99 Å². The number of hydrogen-bond donors (Lipinski definition) is 0. The molecule has 124 valence electrons. The standard InChI is InChI=1S/C18H19N3O2S/c22-17(9-11-20-12-13-24-18(20)23)19-16-8-4-5-10-21(16)14-15-6-2-1-3-7-15/h1-8,10H,9,11-14H2. The summed E-state index contributed by atoms with van der Waals surface area (Å²) in [7, 11) is 0. The predicted octanol–water partition coefficient (Wildman–Crippen LogP) is 2.52. The molecule has 1 aliphatic rings. The summed E-state index contributed by atoms with van der Waals surface area (Å²) in [5, 5.41) is 0.0571. The number of thioether (sulfide) groups is 1. The first-order valence-corrected chi connectivity index (χ1v) is 8.89. The van der Waals surface area contributed by atoms with Crippen LogP contribution in [0.5, 0.6) is 0 Å². The Hall–Kier alpha value is -2.34. The second-order valence-electron chi connectivity index (χ2n) is 5.53. The van der Waals surface area contributed by atoms with Crippen LogP contribution in [0.15, 0.2) is 59.7 Å². The molecule has 2 heterocycles. The number of benzene rings is 1. The molecule has 1 saturated heterocycles. The van der Waals surface area contributed by atoms with Crippen LogP contribution in [0, 0.1) is 0 Å². The summed E-state index contributed by atoms with van der Waals surface area (Å²) in [6, 6.07) is 15.7. The van der Waals surface area contributed by atoms with Gasteiger partial charge >= 0.3 is 0 Å². The van der Waals surface area contributed by atoms with Crippen LogP contribution in [0.4, 0.5) is 4.79 Å². The minimum atomic E-state index is -0.201. The maximum atomic E-state index is 12.2. The zero-order valence-electron chi connectivity index (χ0n) is 13.3. The van der Waals surface area contributed by atoms with Gasteiger partial charge in [0.25, 0.3) is 5.24 Å². The molecule has 0 radical (unpaired) electrons. The Morgan fingerprint density at radius 3 is 2.67 bits per heavy atom. The Labute approximate surface area is 145 Å². The van der Waals surface area contributed by atoms with Crippen LogP contribution in [0.25, 0.3) is 0 Å². The van der Waals surface area contributed by atoms with Crippen LogP contribution in [0.3, 0.4) is 0 Å². The van der Waals surface area contributed by atoms with E-state index < -0.39 is 0 Å². The number of aromatic nitrogens is 1. The summed E-state index contributed by atoms with van der Waals surface area (Å²) in [6.07, 6.45) is 2.17. The van der Waals surface area contributed by atoms with E-state index in [0.29, 0.717) is 18.6 Å². The van der Waals surface area contributed by atoms with E-state index in [-0.39, 0.29) is 17.6 Å². The van der Waals surface area contributed by atoms with E-state index in [9.17, 15) is 9.59 Å². The third-order valence-corrected chi connectivity index (χ3v) is 4.68. The van der Waals surface area contributed by atoms with Gasteiger partial charge in [0, 0.05) is 38.0 Å². The van der Waals surface area contributed by atoms with Crippen molar-refractivity contribution < 1.29 is 9.59 Å². The minimum absolute atomic E-state index is 0.0571. The van der Waals surface area contributed by atoms with Crippen LogP contribution in [0.2, 0.25) is 0 Å². The lowest BCUT2D eigenvalue weighted by Crippen LogP contribution is -2.27. The Balaban J connectivity index is 1.70. The molecule has 0 atom stereocenters. The lowest BCUT2D eigenvalue weighted by molar-refractivity contribution is -0.118. The first-order valence-electron chi connectivity index (χ1n) is 7.91. The van der Waals surface area contributed by atoms with Crippen LogP contribution >= 0.6 is 11.8 Å². The normalized spacial score (nSPS) is 15.1. The van der Waals surface area contributed by atoms with Crippen molar-refractivity contribution in [3.63, 3.8) is 0 Å². The maximum Gasteiger partial charge on any atom is 0.281 e. The van der Waals surface area contributed by atoms with Crippen molar-refractivity contribution in [1.82, 2.24) is 9.47 Å². The second kappa shape index (κ2) is 7.97. The van der Waals surface area contributed by atoms with Crippen molar-refractivity contribution in [2.45, 2.75) is 13.0 Å². The molecule has 0 N–H and O–H groups in total. The van der Waals surface area contributed by atoms with Crippen molar-refractivity contribution in [3.8, 4) is 0 Å². The lowest BCUT2D eigenvalue weighted by Gasteiger charge is -2.12. The molecule has 0 saturated carbocycles. The van der Waals surface area contributed by atoms with Gasteiger partial charge in [-0.25, -0.2) is 0 Å². The quantitative estimate of drug-likeness (QED) is 0.840. The summed E-state index contributed by atoms with van der Waals surface area (Å²) in [5.41, 5.74) is 1.78. The molecule has 2 amide bonds. The summed E-state index contributed by atoms with van der Waals surface area (Å²) in [6.45, 7) is 1.82. The fourth-order valence-corrected chi connectivity index (χ4v) is 3.38. The van der Waals surface area contributed by atoms with E-state index in [1.165, 1.54) is 11.8 Å². The zero-order chi connectivity index (χ0) is 16.8. The second-order valence-corrected chi connectivity index (χ2v) is 6.58. The number of carbonyl (C=O) groups excluding carboxylic acids is 2. The molecule has 0 spiro atoms. The number of amides is 2. The maximum absolute atomic E-state index is 12.2. The average molecular weight is 341 g/mol. The molecule has 1 fully saturated rings.